The van der Waals surface area contributed by atoms with Gasteiger partial charge in [-0.25, -0.2) is 0 Å². The standard InChI is InChI=1S/C44H78O2/c1-7-8-9-10-11-12-13-14-15-16-17-18-19-20-24-42(45)46-37-29-31-43(5)36(33-37)25-26-38-40-28-27-39(35(4)23-21-22-34(2)3)44(40,6)32-30-41(38)43/h25,34-35,37-41H,7-24,26-33H2,1-6H3/t35-,37?,38+,39-,40+,41+,43+,44-/m1/s1. The Balaban J connectivity index is 1.12. The third-order valence-corrected chi connectivity index (χ3v) is 14.3. The normalized spacial score (nSPS) is 32.8. The SMILES string of the molecule is CCCCCCCCCCCCCCCCC(=O)OC1CC[C@@]2(C)C(=CC[C@H]3[C@@H]4CC[C@H]([C@H](C)CCCC(C)C)[C@@]4(C)CC[C@@H]32)C1. The number of hydrogen-bond acceptors (Lipinski definition) is 2. The Bertz CT molecular complexity index is 919. The minimum atomic E-state index is 0.0646. The van der Waals surface area contributed by atoms with Crippen LogP contribution in [-0.4, -0.2) is 12.1 Å². The van der Waals surface area contributed by atoms with Crippen LogP contribution in [0.2, 0.25) is 0 Å². The molecule has 0 spiro atoms. The van der Waals surface area contributed by atoms with E-state index in [1.807, 2.05) is 0 Å². The third-order valence-electron chi connectivity index (χ3n) is 14.3. The molecule has 46 heavy (non-hydrogen) atoms. The number of carbonyl (C=O) groups excluding carboxylic acids is 1. The van der Waals surface area contributed by atoms with Crippen LogP contribution in [0.3, 0.4) is 0 Å². The molecule has 0 aromatic rings. The molecular formula is C44H78O2. The lowest BCUT2D eigenvalue weighted by Gasteiger charge is -2.58. The van der Waals surface area contributed by atoms with Gasteiger partial charge in [-0.3, -0.25) is 4.79 Å². The molecule has 0 heterocycles. The smallest absolute Gasteiger partial charge is 0.306 e. The van der Waals surface area contributed by atoms with Crippen LogP contribution in [0.1, 0.15) is 208 Å². The monoisotopic (exact) mass is 639 g/mol. The topological polar surface area (TPSA) is 26.3 Å². The lowest BCUT2D eigenvalue weighted by molar-refractivity contribution is -0.151. The second-order valence-corrected chi connectivity index (χ2v) is 18.0. The van der Waals surface area contributed by atoms with E-state index in [2.05, 4.69) is 47.6 Å². The summed E-state index contributed by atoms with van der Waals surface area (Å²) in [5.74, 6) is 5.34. The second kappa shape index (κ2) is 18.8. The van der Waals surface area contributed by atoms with Gasteiger partial charge in [-0.2, -0.15) is 0 Å². The predicted octanol–water partition coefficient (Wildman–Crippen LogP) is 13.8. The molecule has 2 heteroatoms. The largest absolute Gasteiger partial charge is 0.462 e. The Morgan fingerprint density at radius 1 is 0.761 bits per heavy atom. The predicted molar refractivity (Wildman–Crippen MR) is 198 cm³/mol. The minimum absolute atomic E-state index is 0.0646. The van der Waals surface area contributed by atoms with Crippen molar-refractivity contribution in [3.63, 3.8) is 0 Å². The molecule has 266 valence electrons. The van der Waals surface area contributed by atoms with Crippen molar-refractivity contribution in [2.24, 2.45) is 46.3 Å². The van der Waals surface area contributed by atoms with Gasteiger partial charge in [0.25, 0.3) is 0 Å². The van der Waals surface area contributed by atoms with Crippen LogP contribution >= 0.6 is 0 Å². The zero-order valence-corrected chi connectivity index (χ0v) is 31.8. The summed E-state index contributed by atoms with van der Waals surface area (Å²) in [5, 5.41) is 0. The molecule has 2 nitrogen and oxygen atoms in total. The average Bonchev–Trinajstić information content (AvgIpc) is 3.38. The maximum atomic E-state index is 12.8. The van der Waals surface area contributed by atoms with Gasteiger partial charge in [0.1, 0.15) is 6.10 Å². The molecule has 1 unspecified atom stereocenters. The van der Waals surface area contributed by atoms with Crippen molar-refractivity contribution < 1.29 is 9.53 Å². The van der Waals surface area contributed by atoms with Crippen molar-refractivity contribution in [2.75, 3.05) is 0 Å². The molecule has 3 saturated carbocycles. The van der Waals surface area contributed by atoms with Crippen LogP contribution in [0.4, 0.5) is 0 Å². The van der Waals surface area contributed by atoms with E-state index in [1.165, 1.54) is 141 Å². The summed E-state index contributed by atoms with van der Waals surface area (Å²) < 4.78 is 6.13. The van der Waals surface area contributed by atoms with Crippen molar-refractivity contribution in [1.82, 2.24) is 0 Å². The quantitative estimate of drug-likeness (QED) is 0.0710. The van der Waals surface area contributed by atoms with Crippen molar-refractivity contribution >= 4 is 5.97 Å². The zero-order chi connectivity index (χ0) is 33.0. The van der Waals surface area contributed by atoms with Crippen molar-refractivity contribution in [3.05, 3.63) is 11.6 Å². The zero-order valence-electron chi connectivity index (χ0n) is 31.8. The van der Waals surface area contributed by atoms with Gasteiger partial charge in [-0.1, -0.05) is 156 Å². The summed E-state index contributed by atoms with van der Waals surface area (Å²) in [6.07, 6.45) is 36.9. The summed E-state index contributed by atoms with van der Waals surface area (Å²) in [7, 11) is 0. The van der Waals surface area contributed by atoms with Crippen LogP contribution < -0.4 is 0 Å². The number of ether oxygens (including phenoxy) is 1. The average molecular weight is 639 g/mol. The molecule has 0 aromatic heterocycles. The van der Waals surface area contributed by atoms with Crippen LogP contribution in [0.25, 0.3) is 0 Å². The van der Waals surface area contributed by atoms with Gasteiger partial charge in [0, 0.05) is 12.8 Å². The number of fused-ring (bicyclic) bond motifs is 5. The molecule has 0 aliphatic heterocycles. The summed E-state index contributed by atoms with van der Waals surface area (Å²) in [6.45, 7) is 15.0. The molecule has 0 amide bonds. The molecule has 4 aliphatic carbocycles. The molecule has 4 aliphatic rings. The number of carbonyl (C=O) groups is 1. The number of unbranched alkanes of at least 4 members (excludes halogenated alkanes) is 13. The Morgan fingerprint density at radius 2 is 1.39 bits per heavy atom. The van der Waals surface area contributed by atoms with E-state index in [0.29, 0.717) is 17.3 Å². The van der Waals surface area contributed by atoms with Crippen LogP contribution in [-0.2, 0) is 9.53 Å². The highest BCUT2D eigenvalue weighted by Gasteiger charge is 2.59. The molecule has 3 fully saturated rings. The van der Waals surface area contributed by atoms with E-state index in [1.54, 1.807) is 5.57 Å². The van der Waals surface area contributed by atoms with E-state index < -0.39 is 0 Å². The molecule has 0 aromatic carbocycles. The molecular weight excluding hydrogens is 560 g/mol. The van der Waals surface area contributed by atoms with Crippen LogP contribution in [0.15, 0.2) is 11.6 Å². The number of rotatable bonds is 21. The van der Waals surface area contributed by atoms with Crippen molar-refractivity contribution in [2.45, 2.75) is 215 Å². The first-order chi connectivity index (χ1) is 22.2. The van der Waals surface area contributed by atoms with Gasteiger partial charge < -0.3 is 4.74 Å². The van der Waals surface area contributed by atoms with E-state index in [-0.39, 0.29) is 12.1 Å². The highest BCUT2D eigenvalue weighted by Crippen LogP contribution is 2.67. The number of esters is 1. The summed E-state index contributed by atoms with van der Waals surface area (Å²) in [6, 6.07) is 0. The Morgan fingerprint density at radius 3 is 2.02 bits per heavy atom. The van der Waals surface area contributed by atoms with E-state index in [4.69, 9.17) is 4.74 Å². The molecule has 0 saturated heterocycles. The molecule has 0 bridgehead atoms. The van der Waals surface area contributed by atoms with Crippen LogP contribution in [0.5, 0.6) is 0 Å². The van der Waals surface area contributed by atoms with Gasteiger partial charge in [0.05, 0.1) is 0 Å². The van der Waals surface area contributed by atoms with Gasteiger partial charge in [0.15, 0.2) is 0 Å². The number of allylic oxidation sites excluding steroid dienone is 1. The van der Waals surface area contributed by atoms with E-state index in [0.717, 1.165) is 54.8 Å². The Kier molecular flexibility index (Phi) is 15.6. The first-order valence-electron chi connectivity index (χ1n) is 21.1. The maximum Gasteiger partial charge on any atom is 0.306 e. The molecule has 8 atom stereocenters. The Labute approximate surface area is 287 Å². The lowest BCUT2D eigenvalue weighted by atomic mass is 9.47. The number of hydrogen-bond donors (Lipinski definition) is 0. The minimum Gasteiger partial charge on any atom is -0.462 e. The third kappa shape index (κ3) is 10.1. The van der Waals surface area contributed by atoms with Gasteiger partial charge in [-0.15, -0.1) is 0 Å². The molecule has 0 N–H and O–H groups in total. The first-order valence-corrected chi connectivity index (χ1v) is 21.1. The molecule has 0 radical (unpaired) electrons. The second-order valence-electron chi connectivity index (χ2n) is 18.0. The van der Waals surface area contributed by atoms with Crippen molar-refractivity contribution in [3.8, 4) is 0 Å². The fraction of sp³-hybridized carbons (Fsp3) is 0.932. The highest BCUT2D eigenvalue weighted by molar-refractivity contribution is 5.69. The summed E-state index contributed by atoms with van der Waals surface area (Å²) in [5.41, 5.74) is 2.54. The highest BCUT2D eigenvalue weighted by atomic mass is 16.5. The first kappa shape index (κ1) is 38.0. The fourth-order valence-corrected chi connectivity index (χ4v) is 11.5. The van der Waals surface area contributed by atoms with Gasteiger partial charge in [0.2, 0.25) is 0 Å². The Hall–Kier alpha value is -0.790. The van der Waals surface area contributed by atoms with Crippen molar-refractivity contribution in [1.29, 1.82) is 0 Å². The van der Waals surface area contributed by atoms with Gasteiger partial charge >= 0.3 is 5.97 Å². The van der Waals surface area contributed by atoms with E-state index >= 15 is 0 Å². The summed E-state index contributed by atoms with van der Waals surface area (Å²) in [4.78, 5) is 12.8. The van der Waals surface area contributed by atoms with Gasteiger partial charge in [-0.05, 0) is 97.7 Å². The fourth-order valence-electron chi connectivity index (χ4n) is 11.5. The lowest BCUT2D eigenvalue weighted by Crippen LogP contribution is -2.51. The van der Waals surface area contributed by atoms with Crippen LogP contribution in [0, 0.1) is 46.3 Å². The molecule has 4 rings (SSSR count). The summed E-state index contributed by atoms with van der Waals surface area (Å²) >= 11 is 0. The van der Waals surface area contributed by atoms with E-state index in [9.17, 15) is 4.79 Å². The maximum absolute atomic E-state index is 12.8.